The molecule has 23 nitrogen and oxygen atoms in total. The van der Waals surface area contributed by atoms with Crippen LogP contribution in [0.3, 0.4) is 0 Å². The van der Waals surface area contributed by atoms with Gasteiger partial charge < -0.3 is 35.3 Å². The van der Waals surface area contributed by atoms with E-state index in [0.29, 0.717) is 60.4 Å². The average Bonchev–Trinajstić information content (AvgIpc) is 4.22. The topological polar surface area (TPSA) is 279 Å². The molecule has 10 rings (SSSR count). The summed E-state index contributed by atoms with van der Waals surface area (Å²) in [4.78, 5) is 105. The summed E-state index contributed by atoms with van der Waals surface area (Å²) >= 11 is 11.8. The van der Waals surface area contributed by atoms with E-state index in [1.807, 2.05) is 0 Å². The van der Waals surface area contributed by atoms with Crippen molar-refractivity contribution >= 4 is 68.9 Å². The summed E-state index contributed by atoms with van der Waals surface area (Å²) in [6.07, 6.45) is 9.23. The van der Waals surface area contributed by atoms with Gasteiger partial charge in [-0.25, -0.2) is 4.98 Å². The largest absolute Gasteiger partial charge is 0.491 e. The standard InChI is InChI=1S/C27H28ClN7O4.C23H23ClN4O4.C4H7N3O/c1-27(2)16-33(17-27)23(36)15-34-24-20(22(7-8-29-24)39-12-11-35-31-9-10-32-35)13-21(26(34)38)25(37)30-14-18-3-5-19(28)6-4-18;1-23(2)12-27(13-23)19(30)11-28-20-16(18(29)7-8-25-20)9-17(22(28)32)21(31)26-10-14-3-5-15(24)6-4-14;8-4-3-7-5-1-2-6-7/h3-10,13H,11-12,14-17H2,1-2H3,(H,30,37);3-9H,10-13H2,1-2H3,(H,25,29)(H,26,31);1-2,8H,3-4H2. The monoisotopic (exact) mass is 1120 g/mol. The number of hydrogen-bond acceptors (Lipinski definition) is 14. The van der Waals surface area contributed by atoms with Crippen molar-refractivity contribution in [2.45, 2.75) is 67.0 Å². The zero-order chi connectivity index (χ0) is 56.4. The lowest BCUT2D eigenvalue weighted by molar-refractivity contribution is -0.142. The highest BCUT2D eigenvalue weighted by atomic mass is 35.5. The van der Waals surface area contributed by atoms with Crippen molar-refractivity contribution in [3.8, 4) is 5.75 Å². The van der Waals surface area contributed by atoms with E-state index in [2.05, 4.69) is 68.7 Å². The lowest BCUT2D eigenvalue weighted by atomic mass is 9.84. The van der Waals surface area contributed by atoms with Gasteiger partial charge in [0.25, 0.3) is 22.9 Å². The molecule has 8 aromatic rings. The Labute approximate surface area is 461 Å². The van der Waals surface area contributed by atoms with Crippen LogP contribution in [-0.2, 0) is 48.9 Å². The first kappa shape index (κ1) is 56.7. The van der Waals surface area contributed by atoms with Gasteiger partial charge in [-0.3, -0.25) is 42.7 Å². The van der Waals surface area contributed by atoms with Gasteiger partial charge in [-0.2, -0.15) is 30.0 Å². The minimum absolute atomic E-state index is 0.0365. The van der Waals surface area contributed by atoms with Gasteiger partial charge in [0, 0.05) is 67.8 Å². The summed E-state index contributed by atoms with van der Waals surface area (Å²) < 4.78 is 8.40. The number of carbonyl (C=O) groups excluding carboxylic acids is 4. The number of aromatic nitrogens is 10. The molecule has 4 amide bonds. The van der Waals surface area contributed by atoms with E-state index in [1.54, 1.807) is 89.2 Å². The smallest absolute Gasteiger partial charge is 0.265 e. The highest BCUT2D eigenvalue weighted by molar-refractivity contribution is 6.30. The van der Waals surface area contributed by atoms with E-state index < -0.39 is 22.9 Å². The Balaban J connectivity index is 0.000000185. The maximum absolute atomic E-state index is 13.6. The number of likely N-dealkylation sites (tertiary alicyclic amines) is 2. The Morgan fingerprint density at radius 2 is 1.10 bits per heavy atom. The van der Waals surface area contributed by atoms with E-state index in [0.717, 1.165) is 11.1 Å². The van der Waals surface area contributed by atoms with Gasteiger partial charge in [0.05, 0.1) is 55.3 Å². The number of H-pyrrole nitrogens is 1. The van der Waals surface area contributed by atoms with Crippen LogP contribution < -0.4 is 31.9 Å². The van der Waals surface area contributed by atoms with E-state index in [9.17, 15) is 33.6 Å². The molecular formula is C54H58Cl2N14O9. The number of pyridine rings is 4. The quantitative estimate of drug-likeness (QED) is 0.107. The predicted octanol–water partition coefficient (Wildman–Crippen LogP) is 3.93. The van der Waals surface area contributed by atoms with Crippen LogP contribution >= 0.6 is 23.2 Å². The second-order valence-electron chi connectivity index (χ2n) is 20.3. The minimum Gasteiger partial charge on any atom is -0.491 e. The predicted molar refractivity (Wildman–Crippen MR) is 293 cm³/mol. The van der Waals surface area contributed by atoms with E-state index in [4.69, 9.17) is 33.0 Å². The molecule has 79 heavy (non-hydrogen) atoms. The maximum Gasteiger partial charge on any atom is 0.265 e. The Hall–Kier alpha value is -8.54. The number of benzene rings is 2. The van der Waals surface area contributed by atoms with Gasteiger partial charge in [0.2, 0.25) is 11.8 Å². The van der Waals surface area contributed by atoms with Crippen molar-refractivity contribution in [1.82, 2.24) is 69.5 Å². The van der Waals surface area contributed by atoms with E-state index >= 15 is 0 Å². The summed E-state index contributed by atoms with van der Waals surface area (Å²) in [6.45, 7) is 11.7. The molecule has 0 saturated carbocycles. The SMILES string of the molecule is CC1(C)CN(C(=O)Cn2c(=O)c(C(=O)NCc3ccc(Cl)cc3)cc3c(=O)cc[nH]c32)C1.CC1(C)CN(C(=O)Cn2c(=O)c(C(=O)NCc3ccc(Cl)cc3)cc3c(OCCn4nccn4)ccnc32)C1.OCCn1nccn1. The number of aliphatic hydroxyl groups excluding tert-OH is 1. The van der Waals surface area contributed by atoms with Crippen LogP contribution in [0.15, 0.2) is 124 Å². The van der Waals surface area contributed by atoms with Crippen molar-refractivity contribution in [2.75, 3.05) is 39.4 Å². The average molecular weight is 1120 g/mol. The Kier molecular flexibility index (Phi) is 17.8. The first-order chi connectivity index (χ1) is 37.8. The molecule has 0 atom stereocenters. The van der Waals surface area contributed by atoms with Crippen molar-refractivity contribution < 1.29 is 29.0 Å². The highest BCUT2D eigenvalue weighted by Gasteiger charge is 2.38. The molecule has 2 aliphatic rings. The minimum atomic E-state index is -0.638. The van der Waals surface area contributed by atoms with Crippen LogP contribution in [0.4, 0.5) is 0 Å². The lowest BCUT2D eigenvalue weighted by Gasteiger charge is -2.45. The first-order valence-corrected chi connectivity index (χ1v) is 25.8. The van der Waals surface area contributed by atoms with Crippen molar-refractivity contribution in [3.63, 3.8) is 0 Å². The Morgan fingerprint density at radius 3 is 1.59 bits per heavy atom. The summed E-state index contributed by atoms with van der Waals surface area (Å²) in [6, 6.07) is 19.7. The summed E-state index contributed by atoms with van der Waals surface area (Å²) in [5, 5.41) is 31.2. The highest BCUT2D eigenvalue weighted by Crippen LogP contribution is 2.30. The summed E-state index contributed by atoms with van der Waals surface area (Å²) in [7, 11) is 0. The number of aromatic amines is 1. The first-order valence-electron chi connectivity index (χ1n) is 25.1. The third kappa shape index (κ3) is 14.3. The van der Waals surface area contributed by atoms with Gasteiger partial charge in [0.1, 0.15) is 47.9 Å². The lowest BCUT2D eigenvalue weighted by Crippen LogP contribution is -2.56. The number of aliphatic hydroxyl groups is 1. The normalized spacial score (nSPS) is 14.0. The molecule has 2 aromatic carbocycles. The summed E-state index contributed by atoms with van der Waals surface area (Å²) in [5.41, 5.74) is 0.281. The van der Waals surface area contributed by atoms with Crippen molar-refractivity contribution in [2.24, 2.45) is 10.8 Å². The fourth-order valence-electron chi connectivity index (χ4n) is 8.89. The third-order valence-electron chi connectivity index (χ3n) is 12.7. The van der Waals surface area contributed by atoms with Crippen molar-refractivity contribution in [3.05, 3.63) is 173 Å². The molecular weight excluding hydrogens is 1060 g/mol. The molecule has 0 aliphatic carbocycles. The van der Waals surface area contributed by atoms with Crippen LogP contribution in [0.2, 0.25) is 10.0 Å². The molecule has 4 N–H and O–H groups in total. The zero-order valence-corrected chi connectivity index (χ0v) is 45.3. The van der Waals surface area contributed by atoms with Gasteiger partial charge in [0.15, 0.2) is 5.43 Å². The molecule has 2 saturated heterocycles. The number of rotatable bonds is 16. The van der Waals surface area contributed by atoms with Crippen LogP contribution in [0, 0.1) is 10.8 Å². The van der Waals surface area contributed by atoms with Crippen LogP contribution in [-0.4, -0.2) is 127 Å². The second kappa shape index (κ2) is 24.8. The number of hydrogen-bond donors (Lipinski definition) is 4. The molecule has 0 spiro atoms. The maximum atomic E-state index is 13.6. The van der Waals surface area contributed by atoms with Crippen LogP contribution in [0.5, 0.6) is 5.75 Å². The third-order valence-corrected chi connectivity index (χ3v) is 13.2. The number of amides is 4. The molecule has 25 heteroatoms. The number of nitrogens with one attached hydrogen (secondary N) is 3. The number of fused-ring (bicyclic) bond motifs is 2. The number of halogens is 2. The Bertz CT molecular complexity index is 3640. The molecule has 2 aliphatic heterocycles. The van der Waals surface area contributed by atoms with E-state index in [1.165, 1.54) is 49.3 Å². The fraction of sp³-hybridized carbons (Fsp3) is 0.333. The second-order valence-corrected chi connectivity index (χ2v) is 21.2. The molecule has 8 heterocycles. The molecule has 0 bridgehead atoms. The zero-order valence-electron chi connectivity index (χ0n) is 43.8. The van der Waals surface area contributed by atoms with Gasteiger partial charge in [-0.05, 0) is 64.4 Å². The molecule has 2 fully saturated rings. The number of carbonyl (C=O) groups is 4. The fourth-order valence-corrected chi connectivity index (χ4v) is 9.14. The number of ether oxygens (including phenoxy) is 1. The molecule has 6 aromatic heterocycles. The molecule has 412 valence electrons. The molecule has 0 unspecified atom stereocenters. The van der Waals surface area contributed by atoms with Gasteiger partial charge in [-0.15, -0.1) is 0 Å². The van der Waals surface area contributed by atoms with Gasteiger partial charge >= 0.3 is 0 Å². The molecule has 0 radical (unpaired) electrons. The van der Waals surface area contributed by atoms with Crippen LogP contribution in [0.1, 0.15) is 59.5 Å². The van der Waals surface area contributed by atoms with Crippen LogP contribution in [0.25, 0.3) is 22.1 Å². The summed E-state index contributed by atoms with van der Waals surface area (Å²) in [5.74, 6) is -1.23. The van der Waals surface area contributed by atoms with Gasteiger partial charge in [-0.1, -0.05) is 75.2 Å². The van der Waals surface area contributed by atoms with E-state index in [-0.39, 0.29) is 95.3 Å². The Morgan fingerprint density at radius 1 is 0.633 bits per heavy atom. The van der Waals surface area contributed by atoms with Crippen molar-refractivity contribution in [1.29, 1.82) is 0 Å². The number of nitrogens with zero attached hydrogens (tertiary/aromatic N) is 11.